The Morgan fingerprint density at radius 2 is 1.96 bits per heavy atom. The number of rotatable bonds is 6. The number of amides is 1. The third kappa shape index (κ3) is 4.61. The zero-order valence-corrected chi connectivity index (χ0v) is 14.9. The lowest BCUT2D eigenvalue weighted by Crippen LogP contribution is -2.24. The molecule has 0 aliphatic carbocycles. The van der Waals surface area contributed by atoms with Crippen LogP contribution in [0.5, 0.6) is 0 Å². The molecule has 3 rings (SSSR count). The SMILES string of the molecule is Cc1ccc(NC(=O)CCN(C)Cc2cnc3ccccc3n2)cc1F. The Morgan fingerprint density at radius 3 is 2.73 bits per heavy atom. The van der Waals surface area contributed by atoms with Crippen LogP contribution in [0, 0.1) is 12.7 Å². The molecule has 0 saturated heterocycles. The number of fused-ring (bicyclic) bond motifs is 1. The van der Waals surface area contributed by atoms with Crippen LogP contribution in [-0.4, -0.2) is 34.4 Å². The summed E-state index contributed by atoms with van der Waals surface area (Å²) >= 11 is 0. The lowest BCUT2D eigenvalue weighted by molar-refractivity contribution is -0.116. The number of aryl methyl sites for hydroxylation is 1. The highest BCUT2D eigenvalue weighted by Gasteiger charge is 2.08. The molecule has 2 aromatic carbocycles. The van der Waals surface area contributed by atoms with Gasteiger partial charge in [0.25, 0.3) is 0 Å². The van der Waals surface area contributed by atoms with E-state index < -0.39 is 0 Å². The fourth-order valence-corrected chi connectivity index (χ4v) is 2.61. The smallest absolute Gasteiger partial charge is 0.225 e. The molecule has 0 aliphatic heterocycles. The van der Waals surface area contributed by atoms with Crippen molar-refractivity contribution in [2.75, 3.05) is 18.9 Å². The Morgan fingerprint density at radius 1 is 1.19 bits per heavy atom. The van der Waals surface area contributed by atoms with Crippen LogP contribution < -0.4 is 5.32 Å². The molecule has 1 aromatic heterocycles. The van der Waals surface area contributed by atoms with Crippen molar-refractivity contribution in [1.29, 1.82) is 0 Å². The van der Waals surface area contributed by atoms with Gasteiger partial charge in [0.15, 0.2) is 0 Å². The number of hydrogen-bond donors (Lipinski definition) is 1. The summed E-state index contributed by atoms with van der Waals surface area (Å²) in [6.45, 7) is 2.85. The van der Waals surface area contributed by atoms with Crippen LogP contribution in [-0.2, 0) is 11.3 Å². The highest BCUT2D eigenvalue weighted by atomic mass is 19.1. The lowest BCUT2D eigenvalue weighted by atomic mass is 10.2. The Bertz CT molecular complexity index is 929. The van der Waals surface area contributed by atoms with Gasteiger partial charge < -0.3 is 5.32 Å². The first-order valence-electron chi connectivity index (χ1n) is 8.46. The van der Waals surface area contributed by atoms with Crippen molar-refractivity contribution < 1.29 is 9.18 Å². The highest BCUT2D eigenvalue weighted by molar-refractivity contribution is 5.90. The van der Waals surface area contributed by atoms with Gasteiger partial charge in [-0.05, 0) is 43.8 Å². The third-order valence-electron chi connectivity index (χ3n) is 4.11. The van der Waals surface area contributed by atoms with Gasteiger partial charge in [-0.2, -0.15) is 0 Å². The molecule has 0 saturated carbocycles. The zero-order valence-electron chi connectivity index (χ0n) is 14.9. The maximum absolute atomic E-state index is 13.5. The maximum atomic E-state index is 13.5. The first-order chi connectivity index (χ1) is 12.5. The molecular formula is C20H21FN4O. The number of hydrogen-bond acceptors (Lipinski definition) is 4. The molecule has 1 amide bonds. The number of benzene rings is 2. The number of halogens is 1. The number of para-hydroxylation sites is 2. The lowest BCUT2D eigenvalue weighted by Gasteiger charge is -2.16. The molecule has 0 bridgehead atoms. The predicted molar refractivity (Wildman–Crippen MR) is 100 cm³/mol. The third-order valence-corrected chi connectivity index (χ3v) is 4.11. The molecule has 0 spiro atoms. The van der Waals surface area contributed by atoms with Crippen molar-refractivity contribution in [2.24, 2.45) is 0 Å². The molecular weight excluding hydrogens is 331 g/mol. The van der Waals surface area contributed by atoms with Crippen LogP contribution in [0.2, 0.25) is 0 Å². The monoisotopic (exact) mass is 352 g/mol. The van der Waals surface area contributed by atoms with E-state index in [2.05, 4.69) is 15.3 Å². The molecule has 0 unspecified atom stereocenters. The first-order valence-corrected chi connectivity index (χ1v) is 8.46. The summed E-state index contributed by atoms with van der Waals surface area (Å²) in [6, 6.07) is 12.4. The minimum atomic E-state index is -0.324. The van der Waals surface area contributed by atoms with E-state index in [4.69, 9.17) is 0 Å². The summed E-state index contributed by atoms with van der Waals surface area (Å²) in [5.74, 6) is -0.473. The van der Waals surface area contributed by atoms with Crippen LogP contribution in [0.3, 0.4) is 0 Å². The molecule has 5 nitrogen and oxygen atoms in total. The Kier molecular flexibility index (Phi) is 5.53. The van der Waals surface area contributed by atoms with Crippen molar-refractivity contribution in [3.8, 4) is 0 Å². The van der Waals surface area contributed by atoms with E-state index in [1.165, 1.54) is 6.07 Å². The van der Waals surface area contributed by atoms with Gasteiger partial charge in [0, 0.05) is 25.2 Å². The second-order valence-electron chi connectivity index (χ2n) is 6.35. The fourth-order valence-electron chi connectivity index (χ4n) is 2.61. The molecule has 0 atom stereocenters. The van der Waals surface area contributed by atoms with Crippen LogP contribution in [0.1, 0.15) is 17.7 Å². The summed E-state index contributed by atoms with van der Waals surface area (Å²) < 4.78 is 13.5. The van der Waals surface area contributed by atoms with Crippen molar-refractivity contribution >= 4 is 22.6 Å². The van der Waals surface area contributed by atoms with Gasteiger partial charge >= 0.3 is 0 Å². The van der Waals surface area contributed by atoms with Crippen LogP contribution in [0.25, 0.3) is 11.0 Å². The minimum Gasteiger partial charge on any atom is -0.326 e. The molecule has 26 heavy (non-hydrogen) atoms. The van der Waals surface area contributed by atoms with Gasteiger partial charge in [-0.15, -0.1) is 0 Å². The Balaban J connectivity index is 1.51. The standard InChI is InChI=1S/C20H21FN4O/c1-14-7-8-15(11-17(14)21)24-20(26)9-10-25(2)13-16-12-22-18-5-3-4-6-19(18)23-16/h3-8,11-12H,9-10,13H2,1-2H3,(H,24,26). The van der Waals surface area contributed by atoms with Crippen molar-refractivity contribution in [3.63, 3.8) is 0 Å². The van der Waals surface area contributed by atoms with Gasteiger partial charge in [-0.3, -0.25) is 14.7 Å². The number of aromatic nitrogens is 2. The number of nitrogens with zero attached hydrogens (tertiary/aromatic N) is 3. The van der Waals surface area contributed by atoms with E-state index >= 15 is 0 Å². The van der Waals surface area contributed by atoms with Crippen molar-refractivity contribution in [3.05, 3.63) is 65.7 Å². The largest absolute Gasteiger partial charge is 0.326 e. The summed E-state index contributed by atoms with van der Waals surface area (Å²) in [6.07, 6.45) is 2.07. The van der Waals surface area contributed by atoms with Gasteiger partial charge in [-0.25, -0.2) is 9.37 Å². The van der Waals surface area contributed by atoms with Crippen molar-refractivity contribution in [2.45, 2.75) is 19.9 Å². The van der Waals surface area contributed by atoms with E-state index in [9.17, 15) is 9.18 Å². The maximum Gasteiger partial charge on any atom is 0.225 e. The van der Waals surface area contributed by atoms with Gasteiger partial charge in [0.1, 0.15) is 5.82 Å². The van der Waals surface area contributed by atoms with Gasteiger partial charge in [0.05, 0.1) is 22.9 Å². The van der Waals surface area contributed by atoms with Gasteiger partial charge in [0.2, 0.25) is 5.91 Å². The van der Waals surface area contributed by atoms with E-state index in [0.717, 1.165) is 16.7 Å². The summed E-state index contributed by atoms with van der Waals surface area (Å²) in [7, 11) is 1.93. The molecule has 3 aromatic rings. The average Bonchev–Trinajstić information content (AvgIpc) is 2.63. The van der Waals surface area contributed by atoms with E-state index in [1.807, 2.05) is 36.2 Å². The zero-order chi connectivity index (χ0) is 18.5. The predicted octanol–water partition coefficient (Wildman–Crippen LogP) is 3.54. The van der Waals surface area contributed by atoms with Crippen LogP contribution in [0.4, 0.5) is 10.1 Å². The number of nitrogens with one attached hydrogen (secondary N) is 1. The Labute approximate surface area is 151 Å². The van der Waals surface area contributed by atoms with E-state index in [-0.39, 0.29) is 11.7 Å². The van der Waals surface area contributed by atoms with E-state index in [1.54, 1.807) is 25.3 Å². The minimum absolute atomic E-state index is 0.148. The quantitative estimate of drug-likeness (QED) is 0.737. The summed E-state index contributed by atoms with van der Waals surface area (Å²) in [5.41, 5.74) is 3.61. The number of carbonyl (C=O) groups is 1. The van der Waals surface area contributed by atoms with Crippen molar-refractivity contribution in [1.82, 2.24) is 14.9 Å². The second kappa shape index (κ2) is 8.01. The normalized spacial score (nSPS) is 11.1. The molecule has 0 radical (unpaired) electrons. The Hall–Kier alpha value is -2.86. The second-order valence-corrected chi connectivity index (χ2v) is 6.35. The molecule has 0 fully saturated rings. The topological polar surface area (TPSA) is 58.1 Å². The summed E-state index contributed by atoms with van der Waals surface area (Å²) in [4.78, 5) is 23.0. The van der Waals surface area contributed by atoms with Crippen LogP contribution in [0.15, 0.2) is 48.7 Å². The fraction of sp³-hybridized carbons (Fsp3) is 0.250. The molecule has 0 aliphatic rings. The summed E-state index contributed by atoms with van der Waals surface area (Å²) in [5, 5.41) is 2.72. The molecule has 1 N–H and O–H groups in total. The van der Waals surface area contributed by atoms with E-state index in [0.29, 0.717) is 30.8 Å². The number of carbonyl (C=O) groups excluding carboxylic acids is 1. The molecule has 1 heterocycles. The van der Waals surface area contributed by atoms with Crippen LogP contribution >= 0.6 is 0 Å². The highest BCUT2D eigenvalue weighted by Crippen LogP contribution is 2.14. The average molecular weight is 352 g/mol. The molecule has 6 heteroatoms. The number of anilines is 1. The first kappa shape index (κ1) is 17.9. The van der Waals surface area contributed by atoms with Gasteiger partial charge in [-0.1, -0.05) is 18.2 Å². The molecule has 134 valence electrons.